The Morgan fingerprint density at radius 2 is 1.66 bits per heavy atom. The van der Waals surface area contributed by atoms with Crippen molar-refractivity contribution >= 4 is 28.5 Å². The Labute approximate surface area is 187 Å². The van der Waals surface area contributed by atoms with E-state index in [1.807, 2.05) is 30.3 Å². The largest absolute Gasteiger partial charge is 0.423 e. The Bertz CT molecular complexity index is 1370. The van der Waals surface area contributed by atoms with Gasteiger partial charge in [0.2, 0.25) is 0 Å². The minimum Gasteiger partial charge on any atom is -0.423 e. The summed E-state index contributed by atoms with van der Waals surface area (Å²) in [6.45, 7) is 5.26. The van der Waals surface area contributed by atoms with Crippen molar-refractivity contribution in [3.63, 3.8) is 0 Å². The van der Waals surface area contributed by atoms with Gasteiger partial charge in [0.1, 0.15) is 5.75 Å². The van der Waals surface area contributed by atoms with Crippen LogP contribution in [0.1, 0.15) is 30.2 Å². The number of ether oxygens (including phenoxy) is 1. The maximum atomic E-state index is 11.7. The molecule has 3 heteroatoms. The third-order valence-electron chi connectivity index (χ3n) is 5.78. The van der Waals surface area contributed by atoms with Crippen molar-refractivity contribution in [3.8, 4) is 16.9 Å². The smallest absolute Gasteiger partial charge is 0.338 e. The van der Waals surface area contributed by atoms with Gasteiger partial charge in [-0.1, -0.05) is 67.2 Å². The first kappa shape index (κ1) is 20.0. The highest BCUT2D eigenvalue weighted by molar-refractivity contribution is 6.00. The van der Waals surface area contributed by atoms with Crippen LogP contribution in [0, 0.1) is 0 Å². The van der Waals surface area contributed by atoms with Crippen molar-refractivity contribution in [2.24, 2.45) is 0 Å². The lowest BCUT2D eigenvalue weighted by Gasteiger charge is -2.13. The number of fused-ring (bicyclic) bond motifs is 2. The van der Waals surface area contributed by atoms with Crippen LogP contribution in [0.15, 0.2) is 91.0 Å². The van der Waals surface area contributed by atoms with Crippen LogP contribution in [0.5, 0.6) is 5.75 Å². The molecule has 0 spiro atoms. The first-order valence-electron chi connectivity index (χ1n) is 10.8. The summed E-state index contributed by atoms with van der Waals surface area (Å²) in [7, 11) is 0. The van der Waals surface area contributed by atoms with Crippen molar-refractivity contribution in [2.45, 2.75) is 19.8 Å². The fourth-order valence-corrected chi connectivity index (χ4v) is 4.24. The average molecular weight is 418 g/mol. The molecule has 1 aliphatic rings. The molecule has 156 valence electrons. The Morgan fingerprint density at radius 3 is 2.41 bits per heavy atom. The summed E-state index contributed by atoms with van der Waals surface area (Å²) in [5.74, 6) is 0.104. The van der Waals surface area contributed by atoms with E-state index in [1.54, 1.807) is 6.92 Å². The minimum atomic E-state index is -0.412. The lowest BCUT2D eigenvalue weighted by molar-refractivity contribution is -0.130. The number of pyridine rings is 1. The summed E-state index contributed by atoms with van der Waals surface area (Å²) in [6.07, 6.45) is 4.11. The monoisotopic (exact) mass is 417 g/mol. The summed E-state index contributed by atoms with van der Waals surface area (Å²) in [4.78, 5) is 16.8. The molecule has 5 rings (SSSR count). The molecule has 0 N–H and O–H groups in total. The van der Waals surface area contributed by atoms with Gasteiger partial charge in [-0.3, -0.25) is 0 Å². The second kappa shape index (κ2) is 8.27. The zero-order valence-electron chi connectivity index (χ0n) is 18.0. The molecule has 3 nitrogen and oxygen atoms in total. The van der Waals surface area contributed by atoms with Gasteiger partial charge in [0.25, 0.3) is 0 Å². The molecule has 0 fully saturated rings. The maximum absolute atomic E-state index is 11.7. The number of para-hydroxylation sites is 1. The van der Waals surface area contributed by atoms with Crippen molar-refractivity contribution in [1.29, 1.82) is 0 Å². The van der Waals surface area contributed by atoms with Gasteiger partial charge < -0.3 is 4.74 Å². The summed E-state index contributed by atoms with van der Waals surface area (Å²) in [5.41, 5.74) is 8.59. The number of aromatic nitrogens is 1. The quantitative estimate of drug-likeness (QED) is 0.207. The molecule has 4 aromatic rings. The van der Waals surface area contributed by atoms with Crippen molar-refractivity contribution in [2.75, 3.05) is 0 Å². The van der Waals surface area contributed by atoms with E-state index in [1.165, 1.54) is 27.6 Å². The predicted molar refractivity (Wildman–Crippen MR) is 130 cm³/mol. The van der Waals surface area contributed by atoms with Crippen molar-refractivity contribution in [3.05, 3.63) is 108 Å². The SMILES string of the molecule is C=C(C)C(=O)Oc1ccc(/C=C2\CCc3c2nc2ccccc2c3-c2ccccc2)cc1. The molecule has 0 atom stereocenters. The Hall–Kier alpha value is -3.98. The summed E-state index contributed by atoms with van der Waals surface area (Å²) >= 11 is 0. The van der Waals surface area contributed by atoms with Crippen LogP contribution >= 0.6 is 0 Å². The summed E-state index contributed by atoms with van der Waals surface area (Å²) < 4.78 is 5.30. The van der Waals surface area contributed by atoms with Crippen LogP contribution in [0.25, 0.3) is 33.7 Å². The van der Waals surface area contributed by atoms with Crippen LogP contribution in [-0.2, 0) is 11.2 Å². The van der Waals surface area contributed by atoms with Crippen LogP contribution in [0.4, 0.5) is 0 Å². The number of nitrogens with zero attached hydrogens (tertiary/aromatic N) is 1. The standard InChI is InChI=1S/C29H23NO2/c1-19(2)29(31)32-23-15-12-20(13-16-23)18-22-14-17-25-27(21-8-4-3-5-9-21)24-10-6-7-11-26(24)30-28(22)25/h3-13,15-16,18H,1,14,17H2,2H3/b22-18+. The van der Waals surface area contributed by atoms with Gasteiger partial charge in [-0.2, -0.15) is 0 Å². The molecule has 1 heterocycles. The molecule has 1 aromatic heterocycles. The highest BCUT2D eigenvalue weighted by Crippen LogP contribution is 2.42. The zero-order chi connectivity index (χ0) is 22.1. The lowest BCUT2D eigenvalue weighted by atomic mass is 9.94. The average Bonchev–Trinajstić information content (AvgIpc) is 3.21. The molecule has 0 radical (unpaired) electrons. The maximum Gasteiger partial charge on any atom is 0.338 e. The third kappa shape index (κ3) is 3.74. The summed E-state index contributed by atoms with van der Waals surface area (Å²) in [6, 6.07) is 26.5. The molecular formula is C29H23NO2. The Morgan fingerprint density at radius 1 is 0.938 bits per heavy atom. The molecule has 1 aliphatic carbocycles. The number of esters is 1. The van der Waals surface area contributed by atoms with E-state index in [4.69, 9.17) is 9.72 Å². The molecule has 0 saturated carbocycles. The van der Waals surface area contributed by atoms with E-state index < -0.39 is 5.97 Å². The second-order valence-electron chi connectivity index (χ2n) is 8.11. The zero-order valence-corrected chi connectivity index (χ0v) is 18.0. The highest BCUT2D eigenvalue weighted by Gasteiger charge is 2.24. The number of benzene rings is 3. The molecule has 0 aliphatic heterocycles. The van der Waals surface area contributed by atoms with Gasteiger partial charge in [0, 0.05) is 11.0 Å². The fraction of sp³-hybridized carbons (Fsp3) is 0.103. The van der Waals surface area contributed by atoms with E-state index in [-0.39, 0.29) is 0 Å². The van der Waals surface area contributed by atoms with Crippen LogP contribution in [0.3, 0.4) is 0 Å². The molecule has 0 amide bonds. The summed E-state index contributed by atoms with van der Waals surface area (Å²) in [5, 5.41) is 1.20. The van der Waals surface area contributed by atoms with E-state index in [9.17, 15) is 4.79 Å². The first-order chi connectivity index (χ1) is 15.6. The Kier molecular flexibility index (Phi) is 5.16. The normalized spacial score (nSPS) is 13.8. The minimum absolute atomic E-state index is 0.381. The van der Waals surface area contributed by atoms with Gasteiger partial charge in [0.05, 0.1) is 11.2 Å². The van der Waals surface area contributed by atoms with Gasteiger partial charge >= 0.3 is 5.97 Å². The van der Waals surface area contributed by atoms with Crippen LogP contribution in [0.2, 0.25) is 0 Å². The number of allylic oxidation sites excluding steroid dienone is 1. The topological polar surface area (TPSA) is 39.2 Å². The van der Waals surface area contributed by atoms with E-state index >= 15 is 0 Å². The molecule has 0 unspecified atom stereocenters. The number of rotatable bonds is 4. The van der Waals surface area contributed by atoms with Crippen molar-refractivity contribution in [1.82, 2.24) is 4.98 Å². The highest BCUT2D eigenvalue weighted by atomic mass is 16.5. The third-order valence-corrected chi connectivity index (χ3v) is 5.78. The number of carbonyl (C=O) groups excluding carboxylic acids is 1. The van der Waals surface area contributed by atoms with E-state index in [2.05, 4.69) is 61.2 Å². The second-order valence-corrected chi connectivity index (χ2v) is 8.11. The van der Waals surface area contributed by atoms with E-state index in [0.29, 0.717) is 11.3 Å². The molecule has 3 aromatic carbocycles. The van der Waals surface area contributed by atoms with Crippen molar-refractivity contribution < 1.29 is 9.53 Å². The lowest BCUT2D eigenvalue weighted by Crippen LogP contribution is -2.07. The molecular weight excluding hydrogens is 394 g/mol. The first-order valence-corrected chi connectivity index (χ1v) is 10.8. The predicted octanol–water partition coefficient (Wildman–Crippen LogP) is 6.87. The fourth-order valence-electron chi connectivity index (χ4n) is 4.24. The number of hydrogen-bond acceptors (Lipinski definition) is 3. The van der Waals surface area contributed by atoms with Crippen LogP contribution in [-0.4, -0.2) is 11.0 Å². The van der Waals surface area contributed by atoms with Crippen LogP contribution < -0.4 is 4.74 Å². The molecule has 32 heavy (non-hydrogen) atoms. The van der Waals surface area contributed by atoms with Gasteiger partial charge in [-0.15, -0.1) is 0 Å². The van der Waals surface area contributed by atoms with Gasteiger partial charge in [-0.05, 0) is 71.9 Å². The molecule has 0 saturated heterocycles. The number of carbonyl (C=O) groups is 1. The van der Waals surface area contributed by atoms with E-state index in [0.717, 1.165) is 29.6 Å². The van der Waals surface area contributed by atoms with Gasteiger partial charge in [-0.25, -0.2) is 9.78 Å². The Balaban J connectivity index is 1.55. The van der Waals surface area contributed by atoms with Gasteiger partial charge in [0.15, 0.2) is 0 Å². The number of hydrogen-bond donors (Lipinski definition) is 0. The molecule has 0 bridgehead atoms.